The summed E-state index contributed by atoms with van der Waals surface area (Å²) >= 11 is 5.61. The van der Waals surface area contributed by atoms with Gasteiger partial charge in [-0.15, -0.1) is 0 Å². The van der Waals surface area contributed by atoms with Gasteiger partial charge in [-0.1, -0.05) is 0 Å². The van der Waals surface area contributed by atoms with E-state index in [1.54, 1.807) is 6.92 Å². The van der Waals surface area contributed by atoms with Crippen LogP contribution < -0.4 is 4.74 Å². The molecule has 0 amide bonds. The minimum Gasteiger partial charge on any atom is -0.507 e. The summed E-state index contributed by atoms with van der Waals surface area (Å²) in [5, 5.41) is 9.56. The van der Waals surface area contributed by atoms with Gasteiger partial charge in [0, 0.05) is 5.56 Å². The Hall–Kier alpha value is -1.22. The molecule has 0 saturated heterocycles. The van der Waals surface area contributed by atoms with Crippen molar-refractivity contribution < 1.29 is 14.6 Å². The van der Waals surface area contributed by atoms with Crippen molar-refractivity contribution in [2.45, 2.75) is 46.1 Å². The minimum atomic E-state index is -0.963. The van der Waals surface area contributed by atoms with Crippen LogP contribution in [0.5, 0.6) is 11.5 Å². The molecule has 0 saturated carbocycles. The van der Waals surface area contributed by atoms with Crippen molar-refractivity contribution in [3.63, 3.8) is 0 Å². The minimum absolute atomic E-state index is 0.315. The Kier molecular flexibility index (Phi) is 3.06. The number of fused-ring (bicyclic) bond motifs is 1. The van der Waals surface area contributed by atoms with Crippen LogP contribution in [-0.2, 0) is 11.2 Å². The fourth-order valence-electron chi connectivity index (χ4n) is 2.39. The summed E-state index contributed by atoms with van der Waals surface area (Å²) in [6, 6.07) is 0. The second-order valence-electron chi connectivity index (χ2n) is 5.14. The molecule has 18 heavy (non-hydrogen) atoms. The molecule has 1 atom stereocenters. The maximum Gasteiger partial charge on any atom is 0.265 e. The van der Waals surface area contributed by atoms with Crippen LogP contribution in [0, 0.1) is 20.8 Å². The molecule has 2 rings (SSSR count). The molecule has 1 aromatic rings. The molecule has 1 heterocycles. The van der Waals surface area contributed by atoms with Gasteiger partial charge in [-0.2, -0.15) is 0 Å². The van der Waals surface area contributed by atoms with Gasteiger partial charge >= 0.3 is 0 Å². The van der Waals surface area contributed by atoms with Crippen LogP contribution in [-0.4, -0.2) is 16.0 Å². The summed E-state index contributed by atoms with van der Waals surface area (Å²) in [4.78, 5) is 11.5. The van der Waals surface area contributed by atoms with Gasteiger partial charge in [-0.3, -0.25) is 4.79 Å². The Bertz CT molecular complexity index is 537. The zero-order valence-corrected chi connectivity index (χ0v) is 11.8. The van der Waals surface area contributed by atoms with E-state index < -0.39 is 10.8 Å². The number of rotatable bonds is 1. The largest absolute Gasteiger partial charge is 0.507 e. The lowest BCUT2D eigenvalue weighted by Gasteiger charge is -2.35. The monoisotopic (exact) mass is 268 g/mol. The van der Waals surface area contributed by atoms with E-state index >= 15 is 0 Å². The van der Waals surface area contributed by atoms with Crippen LogP contribution in [0.2, 0.25) is 0 Å². The van der Waals surface area contributed by atoms with Crippen molar-refractivity contribution in [3.05, 3.63) is 22.3 Å². The topological polar surface area (TPSA) is 46.5 Å². The SMILES string of the molecule is Cc1c(C)c2c(c(C)c1O)CC[C@@](C)(C(=O)Cl)O2. The van der Waals surface area contributed by atoms with Gasteiger partial charge in [0.2, 0.25) is 0 Å². The number of phenolic OH excluding ortho intramolecular Hbond substituents is 1. The standard InChI is InChI=1S/C14H17ClO3/c1-7-8(2)12-10(9(3)11(7)16)5-6-14(4,18-12)13(15)17/h16H,5-6H2,1-4H3/t14-/m0/s1. The van der Waals surface area contributed by atoms with Gasteiger partial charge in [0.1, 0.15) is 11.5 Å². The summed E-state index contributed by atoms with van der Waals surface area (Å²) in [5.41, 5.74) is 2.51. The van der Waals surface area contributed by atoms with Gasteiger partial charge in [-0.05, 0) is 68.8 Å². The first-order chi connectivity index (χ1) is 8.28. The molecule has 3 nitrogen and oxygen atoms in total. The third-order valence-corrected chi connectivity index (χ3v) is 4.34. The van der Waals surface area contributed by atoms with Crippen molar-refractivity contribution in [2.24, 2.45) is 0 Å². The molecule has 0 bridgehead atoms. The normalized spacial score (nSPS) is 22.3. The van der Waals surface area contributed by atoms with Crippen molar-refractivity contribution in [1.82, 2.24) is 0 Å². The van der Waals surface area contributed by atoms with Crippen LogP contribution in [0.4, 0.5) is 0 Å². The van der Waals surface area contributed by atoms with Crippen molar-refractivity contribution in [1.29, 1.82) is 0 Å². The third kappa shape index (κ3) is 1.77. The average Bonchev–Trinajstić information content (AvgIpc) is 2.33. The number of hydrogen-bond acceptors (Lipinski definition) is 3. The first kappa shape index (κ1) is 13.2. The van der Waals surface area contributed by atoms with Crippen molar-refractivity contribution in [3.8, 4) is 11.5 Å². The molecule has 1 aliphatic heterocycles. The summed E-state index contributed by atoms with van der Waals surface area (Å²) in [7, 11) is 0. The van der Waals surface area contributed by atoms with Crippen LogP contribution in [0.1, 0.15) is 35.6 Å². The molecule has 1 N–H and O–H groups in total. The second-order valence-corrected chi connectivity index (χ2v) is 5.48. The van der Waals surface area contributed by atoms with E-state index in [-0.39, 0.29) is 0 Å². The number of phenols is 1. The van der Waals surface area contributed by atoms with Crippen LogP contribution >= 0.6 is 11.6 Å². The van der Waals surface area contributed by atoms with Crippen LogP contribution in [0.25, 0.3) is 0 Å². The molecule has 0 unspecified atom stereocenters. The number of benzene rings is 1. The summed E-state index contributed by atoms with van der Waals surface area (Å²) in [6.45, 7) is 7.31. The molecular weight excluding hydrogens is 252 g/mol. The van der Waals surface area contributed by atoms with Gasteiger partial charge in [0.05, 0.1) is 0 Å². The Labute approximate surface area is 112 Å². The van der Waals surface area contributed by atoms with E-state index in [4.69, 9.17) is 16.3 Å². The molecule has 0 aliphatic carbocycles. The first-order valence-electron chi connectivity index (χ1n) is 5.98. The fraction of sp³-hybridized carbons (Fsp3) is 0.500. The lowest BCUT2D eigenvalue weighted by molar-refractivity contribution is -0.125. The van der Waals surface area contributed by atoms with E-state index in [1.165, 1.54) is 0 Å². The van der Waals surface area contributed by atoms with E-state index in [2.05, 4.69) is 0 Å². The van der Waals surface area contributed by atoms with Gasteiger partial charge in [0.15, 0.2) is 5.60 Å². The number of carbonyl (C=O) groups excluding carboxylic acids is 1. The fourth-order valence-corrected chi connectivity index (χ4v) is 2.52. The Morgan fingerprint density at radius 3 is 2.44 bits per heavy atom. The molecule has 4 heteroatoms. The molecule has 1 aromatic carbocycles. The Morgan fingerprint density at radius 2 is 1.89 bits per heavy atom. The predicted molar refractivity (Wildman–Crippen MR) is 70.5 cm³/mol. The number of hydrogen-bond donors (Lipinski definition) is 1. The molecule has 1 aliphatic rings. The van der Waals surface area contributed by atoms with Gasteiger partial charge in [0.25, 0.3) is 5.24 Å². The summed E-state index contributed by atoms with van der Waals surface area (Å²) in [5.74, 6) is 1.02. The van der Waals surface area contributed by atoms with Gasteiger partial charge < -0.3 is 9.84 Å². The zero-order chi connectivity index (χ0) is 13.7. The van der Waals surface area contributed by atoms with Crippen molar-refractivity contribution >= 4 is 16.8 Å². The number of aromatic hydroxyl groups is 1. The molecular formula is C14H17ClO3. The highest BCUT2D eigenvalue weighted by Gasteiger charge is 2.39. The highest BCUT2D eigenvalue weighted by Crippen LogP contribution is 2.43. The highest BCUT2D eigenvalue weighted by molar-refractivity contribution is 6.65. The molecule has 98 valence electrons. The number of carbonyl (C=O) groups is 1. The average molecular weight is 269 g/mol. The van der Waals surface area contributed by atoms with Crippen LogP contribution in [0.15, 0.2) is 0 Å². The molecule has 0 spiro atoms. The van der Waals surface area contributed by atoms with E-state index in [0.717, 1.165) is 22.3 Å². The van der Waals surface area contributed by atoms with Crippen LogP contribution in [0.3, 0.4) is 0 Å². The molecule has 0 radical (unpaired) electrons. The zero-order valence-electron chi connectivity index (χ0n) is 11.1. The lowest BCUT2D eigenvalue weighted by atomic mass is 9.88. The maximum absolute atomic E-state index is 11.5. The van der Waals surface area contributed by atoms with Gasteiger partial charge in [-0.25, -0.2) is 0 Å². The molecule has 0 aromatic heterocycles. The van der Waals surface area contributed by atoms with Crippen molar-refractivity contribution in [2.75, 3.05) is 0 Å². The predicted octanol–water partition coefficient (Wildman–Crippen LogP) is 3.17. The van der Waals surface area contributed by atoms with E-state index in [1.807, 2.05) is 20.8 Å². The lowest BCUT2D eigenvalue weighted by Crippen LogP contribution is -2.42. The summed E-state index contributed by atoms with van der Waals surface area (Å²) in [6.07, 6.45) is 1.22. The Morgan fingerprint density at radius 1 is 1.28 bits per heavy atom. The number of ether oxygens (including phenoxy) is 1. The van der Waals surface area contributed by atoms with E-state index in [9.17, 15) is 9.90 Å². The third-order valence-electron chi connectivity index (χ3n) is 3.94. The smallest absolute Gasteiger partial charge is 0.265 e. The summed E-state index contributed by atoms with van der Waals surface area (Å²) < 4.78 is 5.84. The molecule has 0 fully saturated rings. The highest BCUT2D eigenvalue weighted by atomic mass is 35.5. The Balaban J connectivity index is 2.61. The number of halogens is 1. The quantitative estimate of drug-likeness (QED) is 0.796. The second kappa shape index (κ2) is 4.16. The first-order valence-corrected chi connectivity index (χ1v) is 6.36. The maximum atomic E-state index is 11.5. The van der Waals surface area contributed by atoms with E-state index in [0.29, 0.717) is 24.3 Å².